The SMILES string of the molecule is CCOc1ccccc1OCCn1c(C(C)NC(=O)Cc2ccc(OC)cc2)nc2ccccc21. The van der Waals surface area contributed by atoms with Crippen molar-refractivity contribution in [2.45, 2.75) is 32.9 Å². The number of hydrogen-bond donors (Lipinski definition) is 1. The zero-order valence-corrected chi connectivity index (χ0v) is 20.4. The van der Waals surface area contributed by atoms with Crippen LogP contribution in [-0.2, 0) is 17.8 Å². The molecule has 4 aromatic rings. The standard InChI is InChI=1S/C28H31N3O4/c1-4-34-25-11-7-8-12-26(25)35-18-17-31-24-10-6-5-9-23(24)30-28(31)20(2)29-27(32)19-21-13-15-22(33-3)16-14-21/h5-16,20H,4,17-19H2,1-3H3,(H,29,32). The number of rotatable bonds is 11. The van der Waals surface area contributed by atoms with Crippen LogP contribution in [0.3, 0.4) is 0 Å². The minimum Gasteiger partial charge on any atom is -0.497 e. The van der Waals surface area contributed by atoms with Gasteiger partial charge in [-0.05, 0) is 55.8 Å². The summed E-state index contributed by atoms with van der Waals surface area (Å²) in [5.41, 5.74) is 2.80. The van der Waals surface area contributed by atoms with Crippen LogP contribution < -0.4 is 19.5 Å². The minimum atomic E-state index is -0.274. The van der Waals surface area contributed by atoms with Crippen LogP contribution in [0.5, 0.6) is 17.2 Å². The molecule has 7 nitrogen and oxygen atoms in total. The molecule has 4 rings (SSSR count). The number of hydrogen-bond acceptors (Lipinski definition) is 5. The number of para-hydroxylation sites is 4. The van der Waals surface area contributed by atoms with Crippen molar-refractivity contribution in [3.63, 3.8) is 0 Å². The Labute approximate surface area is 205 Å². The number of amides is 1. The maximum Gasteiger partial charge on any atom is 0.224 e. The molecule has 0 radical (unpaired) electrons. The molecule has 3 aromatic carbocycles. The molecule has 1 N–H and O–H groups in total. The van der Waals surface area contributed by atoms with Gasteiger partial charge in [0.15, 0.2) is 11.5 Å². The average molecular weight is 474 g/mol. The molecule has 0 fully saturated rings. The number of carbonyl (C=O) groups is 1. The molecule has 35 heavy (non-hydrogen) atoms. The first-order valence-corrected chi connectivity index (χ1v) is 11.8. The highest BCUT2D eigenvalue weighted by Crippen LogP contribution is 2.27. The van der Waals surface area contributed by atoms with E-state index >= 15 is 0 Å². The van der Waals surface area contributed by atoms with Crippen molar-refractivity contribution in [2.24, 2.45) is 0 Å². The van der Waals surface area contributed by atoms with Gasteiger partial charge in [0.1, 0.15) is 18.2 Å². The second-order valence-corrected chi connectivity index (χ2v) is 8.15. The Bertz CT molecular complexity index is 1270. The molecule has 182 valence electrons. The predicted octanol–water partition coefficient (Wildman–Crippen LogP) is 4.94. The van der Waals surface area contributed by atoms with Crippen LogP contribution in [-0.4, -0.2) is 35.8 Å². The summed E-state index contributed by atoms with van der Waals surface area (Å²) in [5, 5.41) is 3.09. The highest BCUT2D eigenvalue weighted by molar-refractivity contribution is 5.79. The molecule has 7 heteroatoms. The van der Waals surface area contributed by atoms with Gasteiger partial charge in [-0.15, -0.1) is 0 Å². The van der Waals surface area contributed by atoms with Crippen molar-refractivity contribution in [3.05, 3.63) is 84.2 Å². The van der Waals surface area contributed by atoms with Crippen LogP contribution in [0.1, 0.15) is 31.3 Å². The van der Waals surface area contributed by atoms with E-state index in [0.29, 0.717) is 25.5 Å². The summed E-state index contributed by atoms with van der Waals surface area (Å²) in [5.74, 6) is 2.92. The maximum absolute atomic E-state index is 12.8. The second-order valence-electron chi connectivity index (χ2n) is 8.15. The van der Waals surface area contributed by atoms with E-state index in [-0.39, 0.29) is 18.4 Å². The van der Waals surface area contributed by atoms with Crippen LogP contribution in [0.4, 0.5) is 0 Å². The molecule has 0 bridgehead atoms. The predicted molar refractivity (Wildman–Crippen MR) is 136 cm³/mol. The van der Waals surface area contributed by atoms with Crippen LogP contribution in [0.25, 0.3) is 11.0 Å². The van der Waals surface area contributed by atoms with Gasteiger partial charge in [-0.2, -0.15) is 0 Å². The van der Waals surface area contributed by atoms with Gasteiger partial charge in [0.05, 0.1) is 43.8 Å². The van der Waals surface area contributed by atoms with Crippen molar-refractivity contribution in [2.75, 3.05) is 20.3 Å². The summed E-state index contributed by atoms with van der Waals surface area (Å²) in [7, 11) is 1.62. The van der Waals surface area contributed by atoms with E-state index in [1.165, 1.54) is 0 Å². The number of nitrogens with one attached hydrogen (secondary N) is 1. The van der Waals surface area contributed by atoms with E-state index in [1.54, 1.807) is 7.11 Å². The molecule has 1 heterocycles. The van der Waals surface area contributed by atoms with Crippen LogP contribution in [0.15, 0.2) is 72.8 Å². The molecule has 0 saturated carbocycles. The molecular weight excluding hydrogens is 442 g/mol. The fourth-order valence-electron chi connectivity index (χ4n) is 4.04. The fourth-order valence-corrected chi connectivity index (χ4v) is 4.04. The average Bonchev–Trinajstić information content (AvgIpc) is 3.24. The van der Waals surface area contributed by atoms with Crippen LogP contribution in [0.2, 0.25) is 0 Å². The highest BCUT2D eigenvalue weighted by atomic mass is 16.5. The number of imidazole rings is 1. The van der Waals surface area contributed by atoms with E-state index in [2.05, 4.69) is 9.88 Å². The first-order chi connectivity index (χ1) is 17.1. The molecule has 1 aromatic heterocycles. The molecule has 0 aliphatic rings. The third-order valence-corrected chi connectivity index (χ3v) is 5.69. The molecule has 0 spiro atoms. The van der Waals surface area contributed by atoms with Crippen LogP contribution >= 0.6 is 0 Å². The lowest BCUT2D eigenvalue weighted by Crippen LogP contribution is -2.30. The highest BCUT2D eigenvalue weighted by Gasteiger charge is 2.19. The van der Waals surface area contributed by atoms with E-state index < -0.39 is 0 Å². The summed E-state index contributed by atoms with van der Waals surface area (Å²) in [6.07, 6.45) is 0.284. The number of methoxy groups -OCH3 is 1. The van der Waals surface area contributed by atoms with Gasteiger partial charge in [-0.3, -0.25) is 4.79 Å². The van der Waals surface area contributed by atoms with Crippen molar-refractivity contribution in [1.82, 2.24) is 14.9 Å². The van der Waals surface area contributed by atoms with Gasteiger partial charge in [0, 0.05) is 0 Å². The third-order valence-electron chi connectivity index (χ3n) is 5.69. The van der Waals surface area contributed by atoms with Gasteiger partial charge in [0.2, 0.25) is 5.91 Å². The number of nitrogens with zero attached hydrogens (tertiary/aromatic N) is 2. The van der Waals surface area contributed by atoms with Crippen molar-refractivity contribution >= 4 is 16.9 Å². The molecule has 1 amide bonds. The van der Waals surface area contributed by atoms with Crippen LogP contribution in [0, 0.1) is 0 Å². The van der Waals surface area contributed by atoms with E-state index in [1.807, 2.05) is 86.6 Å². The van der Waals surface area contributed by atoms with Crippen molar-refractivity contribution in [3.8, 4) is 17.2 Å². The van der Waals surface area contributed by atoms with E-state index in [4.69, 9.17) is 19.2 Å². The Kier molecular flexibility index (Phi) is 7.88. The monoisotopic (exact) mass is 473 g/mol. The van der Waals surface area contributed by atoms with Crippen molar-refractivity contribution < 1.29 is 19.0 Å². The Hall–Kier alpha value is -4.00. The Morgan fingerprint density at radius 1 is 0.971 bits per heavy atom. The lowest BCUT2D eigenvalue weighted by molar-refractivity contribution is -0.121. The number of fused-ring (bicyclic) bond motifs is 1. The zero-order chi connectivity index (χ0) is 24.6. The van der Waals surface area contributed by atoms with Gasteiger partial charge >= 0.3 is 0 Å². The Morgan fingerprint density at radius 2 is 1.66 bits per heavy atom. The van der Waals surface area contributed by atoms with Crippen molar-refractivity contribution in [1.29, 1.82) is 0 Å². The zero-order valence-electron chi connectivity index (χ0n) is 20.4. The summed E-state index contributed by atoms with van der Waals surface area (Å²) < 4.78 is 19.0. The molecule has 1 unspecified atom stereocenters. The lowest BCUT2D eigenvalue weighted by Gasteiger charge is -2.17. The first kappa shape index (κ1) is 24.1. The van der Waals surface area contributed by atoms with Gasteiger partial charge in [-0.25, -0.2) is 4.98 Å². The largest absolute Gasteiger partial charge is 0.497 e. The van der Waals surface area contributed by atoms with Gasteiger partial charge < -0.3 is 24.1 Å². The number of ether oxygens (including phenoxy) is 3. The van der Waals surface area contributed by atoms with Gasteiger partial charge in [0.25, 0.3) is 0 Å². The molecule has 1 atom stereocenters. The maximum atomic E-state index is 12.8. The molecule has 0 saturated heterocycles. The molecular formula is C28H31N3O4. The second kappa shape index (κ2) is 11.4. The summed E-state index contributed by atoms with van der Waals surface area (Å²) in [4.78, 5) is 17.6. The van der Waals surface area contributed by atoms with E-state index in [0.717, 1.165) is 33.9 Å². The quantitative estimate of drug-likeness (QED) is 0.334. The minimum absolute atomic E-state index is 0.0665. The Balaban J connectivity index is 1.47. The lowest BCUT2D eigenvalue weighted by atomic mass is 10.1. The molecule has 0 aliphatic heterocycles. The number of benzene rings is 3. The Morgan fingerprint density at radius 3 is 2.37 bits per heavy atom. The topological polar surface area (TPSA) is 74.6 Å². The fraction of sp³-hybridized carbons (Fsp3) is 0.286. The smallest absolute Gasteiger partial charge is 0.224 e. The van der Waals surface area contributed by atoms with E-state index in [9.17, 15) is 4.79 Å². The normalized spacial score (nSPS) is 11.7. The van der Waals surface area contributed by atoms with Gasteiger partial charge in [-0.1, -0.05) is 36.4 Å². The first-order valence-electron chi connectivity index (χ1n) is 11.8. The summed E-state index contributed by atoms with van der Waals surface area (Å²) in [6.45, 7) is 5.49. The number of carbonyl (C=O) groups excluding carboxylic acids is 1. The summed E-state index contributed by atoms with van der Waals surface area (Å²) >= 11 is 0. The third kappa shape index (κ3) is 5.93. The molecule has 0 aliphatic carbocycles. The number of aromatic nitrogens is 2. The summed E-state index contributed by atoms with van der Waals surface area (Å²) in [6, 6.07) is 22.9.